The van der Waals surface area contributed by atoms with Gasteiger partial charge in [0.05, 0.1) is 11.2 Å². The number of nitrogens with zero attached hydrogens (tertiary/aromatic N) is 1. The molecule has 3 aliphatic rings. The lowest BCUT2D eigenvalue weighted by atomic mass is 9.72. The van der Waals surface area contributed by atoms with Crippen molar-refractivity contribution in [3.05, 3.63) is 30.1 Å². The Bertz CT molecular complexity index is 786. The quantitative estimate of drug-likeness (QED) is 0.864. The summed E-state index contributed by atoms with van der Waals surface area (Å²) in [6, 6.07) is 5.60. The van der Waals surface area contributed by atoms with Crippen LogP contribution in [0.5, 0.6) is 0 Å². The highest BCUT2D eigenvalue weighted by Crippen LogP contribution is 2.47. The molecule has 1 unspecified atom stereocenters. The van der Waals surface area contributed by atoms with Crippen LogP contribution < -0.4 is 5.32 Å². The summed E-state index contributed by atoms with van der Waals surface area (Å²) >= 11 is 0. The number of hydrogen-bond acceptors (Lipinski definition) is 4. The van der Waals surface area contributed by atoms with Gasteiger partial charge in [-0.1, -0.05) is 0 Å². The van der Waals surface area contributed by atoms with Crippen LogP contribution in [0.2, 0.25) is 0 Å². The van der Waals surface area contributed by atoms with Gasteiger partial charge in [0.25, 0.3) is 0 Å². The first-order chi connectivity index (χ1) is 12.4. The third-order valence-electron chi connectivity index (χ3n) is 5.84. The molecule has 1 aromatic rings. The molecule has 1 N–H and O–H groups in total. The molecule has 2 saturated heterocycles. The maximum atomic E-state index is 13.1. The summed E-state index contributed by atoms with van der Waals surface area (Å²) in [7, 11) is -3.32. The summed E-state index contributed by atoms with van der Waals surface area (Å²) in [5.74, 6) is -0.997. The molecule has 1 spiro atoms. The van der Waals surface area contributed by atoms with Crippen molar-refractivity contribution in [2.24, 2.45) is 11.3 Å². The van der Waals surface area contributed by atoms with E-state index in [2.05, 4.69) is 5.32 Å². The minimum absolute atomic E-state index is 0.202. The Balaban J connectivity index is 1.57. The van der Waals surface area contributed by atoms with Crippen LogP contribution in [-0.2, 0) is 19.6 Å². The van der Waals surface area contributed by atoms with E-state index in [-0.39, 0.29) is 28.9 Å². The van der Waals surface area contributed by atoms with Crippen LogP contribution in [0.25, 0.3) is 0 Å². The second kappa shape index (κ2) is 6.58. The van der Waals surface area contributed by atoms with E-state index in [1.807, 2.05) is 0 Å². The fourth-order valence-electron chi connectivity index (χ4n) is 4.10. The molecule has 3 fully saturated rings. The standard InChI is InChI=1S/C18H23FN2O4S/c19-13-1-3-14(4-2-13)20-17(22)16-11-21(26(23,24)15-5-6-15)12-18(16)7-9-25-10-8-18/h1-4,15-16H,5-12H2,(H,20,22). The Morgan fingerprint density at radius 2 is 1.85 bits per heavy atom. The summed E-state index contributed by atoms with van der Waals surface area (Å²) in [4.78, 5) is 13.0. The molecule has 0 bridgehead atoms. The largest absolute Gasteiger partial charge is 0.381 e. The van der Waals surface area contributed by atoms with Gasteiger partial charge in [-0.2, -0.15) is 0 Å². The number of ether oxygens (including phenoxy) is 1. The molecule has 6 nitrogen and oxygen atoms in total. The summed E-state index contributed by atoms with van der Waals surface area (Å²) in [6.07, 6.45) is 2.76. The fourth-order valence-corrected chi connectivity index (χ4v) is 6.05. The van der Waals surface area contributed by atoms with Gasteiger partial charge in [0.15, 0.2) is 0 Å². The van der Waals surface area contributed by atoms with Crippen LogP contribution in [-0.4, -0.2) is 50.2 Å². The predicted molar refractivity (Wildman–Crippen MR) is 94.5 cm³/mol. The van der Waals surface area contributed by atoms with Gasteiger partial charge in [-0.15, -0.1) is 0 Å². The maximum Gasteiger partial charge on any atom is 0.229 e. The van der Waals surface area contributed by atoms with E-state index in [0.29, 0.717) is 51.1 Å². The van der Waals surface area contributed by atoms with Crippen molar-refractivity contribution < 1.29 is 22.3 Å². The molecule has 1 saturated carbocycles. The molecule has 1 amide bonds. The summed E-state index contributed by atoms with van der Waals surface area (Å²) in [6.45, 7) is 1.68. The average Bonchev–Trinajstić information content (AvgIpc) is 3.42. The van der Waals surface area contributed by atoms with Crippen molar-refractivity contribution >= 4 is 21.6 Å². The van der Waals surface area contributed by atoms with E-state index < -0.39 is 15.9 Å². The zero-order valence-corrected chi connectivity index (χ0v) is 15.3. The first-order valence-corrected chi connectivity index (χ1v) is 10.5. The normalized spacial score (nSPS) is 26.1. The van der Waals surface area contributed by atoms with Crippen LogP contribution in [0.15, 0.2) is 24.3 Å². The van der Waals surface area contributed by atoms with Gasteiger partial charge >= 0.3 is 0 Å². The number of carbonyl (C=O) groups excluding carboxylic acids is 1. The fraction of sp³-hybridized carbons (Fsp3) is 0.611. The lowest BCUT2D eigenvalue weighted by Gasteiger charge is -2.37. The second-order valence-electron chi connectivity index (χ2n) is 7.56. The Morgan fingerprint density at radius 1 is 1.19 bits per heavy atom. The Hall–Kier alpha value is -1.51. The molecular formula is C18H23FN2O4S. The summed E-state index contributed by atoms with van der Waals surface area (Å²) < 4.78 is 45.5. The molecule has 0 aromatic heterocycles. The number of hydrogen-bond donors (Lipinski definition) is 1. The van der Waals surface area contributed by atoms with Crippen LogP contribution in [0.1, 0.15) is 25.7 Å². The van der Waals surface area contributed by atoms with E-state index in [1.165, 1.54) is 28.6 Å². The van der Waals surface area contributed by atoms with Gasteiger partial charge in [-0.3, -0.25) is 4.79 Å². The number of amides is 1. The first kappa shape index (κ1) is 17.9. The highest BCUT2D eigenvalue weighted by Gasteiger charge is 2.55. The molecule has 1 aromatic carbocycles. The van der Waals surface area contributed by atoms with Gasteiger partial charge in [-0.25, -0.2) is 17.1 Å². The van der Waals surface area contributed by atoms with E-state index in [9.17, 15) is 17.6 Å². The number of anilines is 1. The molecule has 4 rings (SSSR count). The van der Waals surface area contributed by atoms with Gasteiger partial charge in [0.2, 0.25) is 15.9 Å². The van der Waals surface area contributed by atoms with Crippen LogP contribution in [0, 0.1) is 17.2 Å². The summed E-state index contributed by atoms with van der Waals surface area (Å²) in [5, 5.41) is 2.55. The monoisotopic (exact) mass is 382 g/mol. The highest BCUT2D eigenvalue weighted by molar-refractivity contribution is 7.90. The van der Waals surface area contributed by atoms with E-state index in [4.69, 9.17) is 4.74 Å². The van der Waals surface area contributed by atoms with Gasteiger partial charge in [0, 0.05) is 37.4 Å². The highest BCUT2D eigenvalue weighted by atomic mass is 32.2. The molecule has 2 heterocycles. The van der Waals surface area contributed by atoms with Crippen LogP contribution in [0.3, 0.4) is 0 Å². The maximum absolute atomic E-state index is 13.1. The predicted octanol–water partition coefficient (Wildman–Crippen LogP) is 1.99. The number of carbonyl (C=O) groups is 1. The zero-order valence-electron chi connectivity index (χ0n) is 14.5. The molecule has 8 heteroatoms. The van der Waals surface area contributed by atoms with Crippen molar-refractivity contribution in [3.8, 4) is 0 Å². The number of nitrogens with one attached hydrogen (secondary N) is 1. The summed E-state index contributed by atoms with van der Waals surface area (Å²) in [5.41, 5.74) is 0.131. The van der Waals surface area contributed by atoms with Crippen molar-refractivity contribution in [2.45, 2.75) is 30.9 Å². The third kappa shape index (κ3) is 3.25. The SMILES string of the molecule is O=C(Nc1ccc(F)cc1)C1CN(S(=O)(=O)C2CC2)CC12CCOCC2. The van der Waals surface area contributed by atoms with Crippen LogP contribution >= 0.6 is 0 Å². The lowest BCUT2D eigenvalue weighted by molar-refractivity contribution is -0.124. The van der Waals surface area contributed by atoms with E-state index >= 15 is 0 Å². The Morgan fingerprint density at radius 3 is 2.46 bits per heavy atom. The number of halogens is 1. The zero-order chi connectivity index (χ0) is 18.4. The van der Waals surface area contributed by atoms with Crippen molar-refractivity contribution in [1.29, 1.82) is 0 Å². The first-order valence-electron chi connectivity index (χ1n) is 9.04. The molecule has 1 atom stereocenters. The number of rotatable bonds is 4. The molecule has 2 aliphatic heterocycles. The van der Waals surface area contributed by atoms with Gasteiger partial charge in [-0.05, 0) is 49.9 Å². The molecular weight excluding hydrogens is 359 g/mol. The molecule has 0 radical (unpaired) electrons. The van der Waals surface area contributed by atoms with Crippen molar-refractivity contribution in [3.63, 3.8) is 0 Å². The second-order valence-corrected chi connectivity index (χ2v) is 9.77. The van der Waals surface area contributed by atoms with Crippen molar-refractivity contribution in [1.82, 2.24) is 4.31 Å². The smallest absolute Gasteiger partial charge is 0.229 e. The van der Waals surface area contributed by atoms with Crippen LogP contribution in [0.4, 0.5) is 10.1 Å². The molecule has 26 heavy (non-hydrogen) atoms. The van der Waals surface area contributed by atoms with Gasteiger partial charge < -0.3 is 10.1 Å². The van der Waals surface area contributed by atoms with Gasteiger partial charge in [0.1, 0.15) is 5.82 Å². The number of benzene rings is 1. The molecule has 142 valence electrons. The topological polar surface area (TPSA) is 75.7 Å². The van der Waals surface area contributed by atoms with E-state index in [1.54, 1.807) is 0 Å². The molecule has 1 aliphatic carbocycles. The minimum Gasteiger partial charge on any atom is -0.381 e. The van der Waals surface area contributed by atoms with E-state index in [0.717, 1.165) is 0 Å². The lowest BCUT2D eigenvalue weighted by Crippen LogP contribution is -2.42. The number of sulfonamides is 1. The third-order valence-corrected chi connectivity index (χ3v) is 8.15. The van der Waals surface area contributed by atoms with Crippen molar-refractivity contribution in [2.75, 3.05) is 31.6 Å². The Labute approximate surface area is 152 Å². The Kier molecular flexibility index (Phi) is 4.53. The minimum atomic E-state index is -3.32. The average molecular weight is 382 g/mol.